The van der Waals surface area contributed by atoms with E-state index in [1.54, 1.807) is 27.3 Å². The van der Waals surface area contributed by atoms with Gasteiger partial charge in [0.25, 0.3) is 0 Å². The number of hydrogen-bond donors (Lipinski definition) is 0. The summed E-state index contributed by atoms with van der Waals surface area (Å²) in [6, 6.07) is 66.1. The molecule has 0 fully saturated rings. The van der Waals surface area contributed by atoms with Crippen molar-refractivity contribution in [3.05, 3.63) is 285 Å². The van der Waals surface area contributed by atoms with E-state index in [-0.39, 0.29) is 28.1 Å². The Morgan fingerprint density at radius 1 is 0.265 bits per heavy atom. The maximum atomic E-state index is 16.1. The third-order valence-corrected chi connectivity index (χ3v) is 19.5. The van der Waals surface area contributed by atoms with Gasteiger partial charge in [0, 0.05) is 43.1 Å². The Morgan fingerprint density at radius 3 is 0.694 bits per heavy atom. The minimum atomic E-state index is -4.92. The van der Waals surface area contributed by atoms with Crippen molar-refractivity contribution in [2.75, 3.05) is 0 Å². The fraction of sp³-hybridized carbons (Fsp3) is 0.131. The van der Waals surface area contributed by atoms with Crippen LogP contribution < -0.4 is 0 Å². The Morgan fingerprint density at radius 2 is 0.480 bits per heavy atom. The first-order valence-corrected chi connectivity index (χ1v) is 32.0. The summed E-state index contributed by atoms with van der Waals surface area (Å²) >= 11 is 0. The zero-order valence-corrected chi connectivity index (χ0v) is 54.4. The first-order chi connectivity index (χ1) is 46.9. The van der Waals surface area contributed by atoms with Crippen LogP contribution in [0.5, 0.6) is 0 Å². The van der Waals surface area contributed by atoms with Crippen LogP contribution in [0, 0.1) is 66.7 Å². The van der Waals surface area contributed by atoms with Crippen LogP contribution in [0.15, 0.2) is 218 Å². The van der Waals surface area contributed by atoms with Gasteiger partial charge in [-0.15, -0.1) is 0 Å². The monoisotopic (exact) mass is 1310 g/mol. The summed E-state index contributed by atoms with van der Waals surface area (Å²) in [7, 11) is 0. The highest BCUT2D eigenvalue weighted by atomic mass is 19.4. The zero-order chi connectivity index (χ0) is 68.8. The molecule has 16 rings (SSSR count). The van der Waals surface area contributed by atoms with Crippen LogP contribution in [0.2, 0.25) is 0 Å². The molecule has 0 saturated carbocycles. The maximum Gasteiger partial charge on any atom is 0.420 e. The highest BCUT2D eigenvalue weighted by Crippen LogP contribution is 2.50. The minimum Gasteiger partial charge on any atom is -0.308 e. The van der Waals surface area contributed by atoms with E-state index in [1.807, 2.05) is 177 Å². The summed E-state index contributed by atoms with van der Waals surface area (Å²) in [4.78, 5) is 0. The van der Waals surface area contributed by atoms with Gasteiger partial charge in [-0.2, -0.15) is 44.8 Å². The topological polar surface area (TPSA) is 43.5 Å². The molecular formula is C84H60F9N5. The number of hydrogen-bond acceptors (Lipinski definition) is 1. The molecule has 0 bridgehead atoms. The van der Waals surface area contributed by atoms with Crippen LogP contribution in [0.3, 0.4) is 0 Å². The highest BCUT2D eigenvalue weighted by molar-refractivity contribution is 6.15. The molecule has 98 heavy (non-hydrogen) atoms. The van der Waals surface area contributed by atoms with Crippen molar-refractivity contribution in [2.24, 2.45) is 0 Å². The van der Waals surface area contributed by atoms with E-state index in [4.69, 9.17) is 0 Å². The lowest BCUT2D eigenvalue weighted by molar-refractivity contribution is -0.138. The predicted octanol–water partition coefficient (Wildman–Crippen LogP) is 24.5. The molecule has 12 aromatic carbocycles. The second-order valence-corrected chi connectivity index (χ2v) is 25.6. The van der Waals surface area contributed by atoms with Crippen LogP contribution in [0.1, 0.15) is 66.8 Å². The van der Waals surface area contributed by atoms with Crippen molar-refractivity contribution in [2.45, 2.75) is 73.9 Å². The normalized spacial score (nSPS) is 12.3. The van der Waals surface area contributed by atoms with E-state index in [0.717, 1.165) is 122 Å². The number of fused-ring (bicyclic) bond motifs is 12. The van der Waals surface area contributed by atoms with E-state index in [0.29, 0.717) is 44.6 Å². The van der Waals surface area contributed by atoms with Crippen molar-refractivity contribution in [3.8, 4) is 51.1 Å². The largest absolute Gasteiger partial charge is 0.420 e. The van der Waals surface area contributed by atoms with Crippen LogP contribution >= 0.6 is 0 Å². The summed E-state index contributed by atoms with van der Waals surface area (Å²) in [5.41, 5.74) is 11.4. The molecule has 0 saturated heterocycles. The van der Waals surface area contributed by atoms with Crippen molar-refractivity contribution in [3.63, 3.8) is 0 Å². The lowest BCUT2D eigenvalue weighted by Crippen LogP contribution is -2.17. The number of halogens is 9. The van der Waals surface area contributed by atoms with E-state index in [1.165, 1.54) is 42.5 Å². The molecule has 0 aliphatic carbocycles. The molecule has 0 spiro atoms. The molecular weight excluding hydrogens is 1250 g/mol. The Kier molecular flexibility index (Phi) is 14.7. The molecule has 0 atom stereocenters. The SMILES string of the molecule is Cc1cccc2c3cccc(C)c3n(-c3cc(-c4ccccc4C(F)(F)F)cc(-n4c5c(C)cccc5c5cccc(C)c54)c3C#N)c12.Cc1cccc2c3cccc(C)c3n(-c3cc(-c4ccccc4C(F)(F)F)cc(-n4c5c(C)cccc5c5cccc(C)c54)c3C(F)(F)F)c12. The van der Waals surface area contributed by atoms with E-state index >= 15 is 13.2 Å². The van der Waals surface area contributed by atoms with E-state index in [9.17, 15) is 31.6 Å². The molecule has 484 valence electrons. The number of aromatic nitrogens is 4. The van der Waals surface area contributed by atoms with E-state index in [2.05, 4.69) is 39.5 Å². The minimum absolute atomic E-state index is 0.0188. The van der Waals surface area contributed by atoms with Gasteiger partial charge in [0.15, 0.2) is 0 Å². The molecule has 0 aliphatic rings. The van der Waals surface area contributed by atoms with Gasteiger partial charge in [-0.25, -0.2) is 0 Å². The lowest BCUT2D eigenvalue weighted by atomic mass is 9.95. The molecule has 0 radical (unpaired) electrons. The maximum absolute atomic E-state index is 16.1. The van der Waals surface area contributed by atoms with Crippen LogP contribution in [0.4, 0.5) is 39.5 Å². The fourth-order valence-corrected chi connectivity index (χ4v) is 15.4. The summed E-state index contributed by atoms with van der Waals surface area (Å²) in [5.74, 6) is 0. The number of alkyl halides is 9. The average molecular weight is 1310 g/mol. The second kappa shape index (κ2) is 22.9. The predicted molar refractivity (Wildman–Crippen MR) is 379 cm³/mol. The van der Waals surface area contributed by atoms with E-state index < -0.39 is 35.2 Å². The second-order valence-electron chi connectivity index (χ2n) is 25.6. The Labute approximate surface area is 557 Å². The summed E-state index contributed by atoms with van der Waals surface area (Å²) < 4.78 is 143. The quantitative estimate of drug-likeness (QED) is 0.153. The average Bonchev–Trinajstić information content (AvgIpc) is 1.52. The Hall–Kier alpha value is -11.3. The Balaban J connectivity index is 0.000000160. The number of rotatable bonds is 6. The molecule has 14 heteroatoms. The van der Waals surface area contributed by atoms with Crippen LogP contribution in [0.25, 0.3) is 132 Å². The van der Waals surface area contributed by atoms with Gasteiger partial charge >= 0.3 is 18.5 Å². The molecule has 0 amide bonds. The number of benzene rings is 12. The molecule has 4 aromatic heterocycles. The van der Waals surface area contributed by atoms with Gasteiger partial charge in [-0.05, 0) is 159 Å². The standard InChI is InChI=1S/C42H30F6N2.C42H30F3N3/c1-23-11-7-16-29-30-17-8-12-24(2)38(30)49(37(23)29)34-21-27(28-15-5-6-20-33(28)41(43,44)45)22-35(36(34)42(46,47)48)50-39-25(3)13-9-18-31(39)32-19-10-14-26(4)40(32)50;1-24-11-7-16-30-31-17-8-12-25(2)39(31)47(38(24)30)36-21-28(29-15-5-6-20-35(29)42(43,44)45)22-37(34(36)23-46)48-40-26(3)13-9-18-32(40)33-19-10-14-27(4)41(33)48/h5-22H,1-4H3;5-22H,1-4H3. The highest BCUT2D eigenvalue weighted by Gasteiger charge is 2.42. The molecule has 0 unspecified atom stereocenters. The van der Waals surface area contributed by atoms with Gasteiger partial charge in [0.2, 0.25) is 0 Å². The number of aryl methyl sites for hydroxylation is 8. The fourth-order valence-electron chi connectivity index (χ4n) is 15.4. The summed E-state index contributed by atoms with van der Waals surface area (Å²) in [6.45, 7) is 15.5. The van der Waals surface area contributed by atoms with Crippen molar-refractivity contribution in [1.29, 1.82) is 5.26 Å². The van der Waals surface area contributed by atoms with Gasteiger partial charge in [0.1, 0.15) is 17.2 Å². The van der Waals surface area contributed by atoms with Gasteiger partial charge in [0.05, 0.1) is 78.0 Å². The summed E-state index contributed by atoms with van der Waals surface area (Å²) in [6.07, 6.45) is -14.3. The first-order valence-electron chi connectivity index (χ1n) is 32.0. The summed E-state index contributed by atoms with van der Waals surface area (Å²) in [5, 5.41) is 18.2. The molecule has 5 nitrogen and oxygen atoms in total. The molecule has 4 heterocycles. The van der Waals surface area contributed by atoms with Gasteiger partial charge < -0.3 is 18.3 Å². The van der Waals surface area contributed by atoms with Gasteiger partial charge in [-0.1, -0.05) is 182 Å². The number of nitrogens with zero attached hydrogens (tertiary/aromatic N) is 5. The smallest absolute Gasteiger partial charge is 0.308 e. The molecule has 0 N–H and O–H groups in total. The molecule has 0 aliphatic heterocycles. The number of para-hydroxylation sites is 8. The number of nitriles is 1. The first kappa shape index (κ1) is 62.8. The van der Waals surface area contributed by atoms with Gasteiger partial charge in [-0.3, -0.25) is 0 Å². The Bertz CT molecular complexity index is 5540. The van der Waals surface area contributed by atoms with Crippen LogP contribution in [-0.2, 0) is 18.5 Å². The zero-order valence-electron chi connectivity index (χ0n) is 54.4. The van der Waals surface area contributed by atoms with Crippen molar-refractivity contribution >= 4 is 87.2 Å². The van der Waals surface area contributed by atoms with Crippen molar-refractivity contribution < 1.29 is 39.5 Å². The third-order valence-electron chi connectivity index (χ3n) is 19.5. The van der Waals surface area contributed by atoms with Crippen molar-refractivity contribution in [1.82, 2.24) is 18.3 Å². The molecule has 16 aromatic rings. The lowest BCUT2D eigenvalue weighted by Gasteiger charge is -2.25. The third kappa shape index (κ3) is 9.75. The van der Waals surface area contributed by atoms with Crippen LogP contribution in [-0.4, -0.2) is 18.3 Å².